The number of esters is 1. The summed E-state index contributed by atoms with van der Waals surface area (Å²) in [4.78, 5) is 29.1. The van der Waals surface area contributed by atoms with E-state index in [1.807, 2.05) is 11.8 Å². The number of nitro groups is 1. The zero-order valence-corrected chi connectivity index (χ0v) is 14.0. The number of pyridine rings is 1. The topological polar surface area (TPSA) is 97.6 Å². The highest BCUT2D eigenvalue weighted by Gasteiger charge is 2.34. The Morgan fingerprint density at radius 1 is 1.61 bits per heavy atom. The summed E-state index contributed by atoms with van der Waals surface area (Å²) < 4.78 is 4.92. The lowest BCUT2D eigenvalue weighted by Crippen LogP contribution is -2.50. The van der Waals surface area contributed by atoms with Gasteiger partial charge in [0.2, 0.25) is 5.82 Å². The predicted octanol–water partition coefficient (Wildman–Crippen LogP) is 1.93. The molecule has 9 heteroatoms. The van der Waals surface area contributed by atoms with Crippen LogP contribution in [0.5, 0.6) is 0 Å². The molecule has 1 N–H and O–H groups in total. The number of anilines is 1. The molecule has 126 valence electrons. The van der Waals surface area contributed by atoms with Gasteiger partial charge < -0.3 is 15.0 Å². The molecule has 0 radical (unpaired) electrons. The Morgan fingerprint density at radius 2 is 2.30 bits per heavy atom. The SMILES string of the molecule is CCOC(=O)c1c(C)nc(N2CCNCC2C)c([N+](=O)[O-])c1Cl. The molecule has 23 heavy (non-hydrogen) atoms. The van der Waals surface area contributed by atoms with Crippen molar-refractivity contribution in [3.63, 3.8) is 0 Å². The van der Waals surface area contributed by atoms with E-state index in [9.17, 15) is 14.9 Å². The van der Waals surface area contributed by atoms with Crippen LogP contribution in [0.25, 0.3) is 0 Å². The Labute approximate surface area is 138 Å². The standard InChI is InChI=1S/C14H19ClN4O4/c1-4-23-14(20)10-9(3)17-13(12(11(10)15)19(21)22)18-6-5-16-7-8(18)2/h8,16H,4-7H2,1-3H3. The van der Waals surface area contributed by atoms with Gasteiger partial charge in [-0.05, 0) is 20.8 Å². The molecule has 1 unspecified atom stereocenters. The second-order valence-corrected chi connectivity index (χ2v) is 5.66. The van der Waals surface area contributed by atoms with Crippen molar-refractivity contribution in [3.8, 4) is 0 Å². The van der Waals surface area contributed by atoms with Gasteiger partial charge >= 0.3 is 11.7 Å². The minimum atomic E-state index is -0.703. The Bertz CT molecular complexity index is 638. The van der Waals surface area contributed by atoms with Crippen LogP contribution in [-0.2, 0) is 4.74 Å². The maximum Gasteiger partial charge on any atom is 0.341 e. The Balaban J connectivity index is 2.60. The summed E-state index contributed by atoms with van der Waals surface area (Å²) in [7, 11) is 0. The summed E-state index contributed by atoms with van der Waals surface area (Å²) in [6.45, 7) is 7.30. The number of carbonyl (C=O) groups is 1. The Kier molecular flexibility index (Phi) is 5.38. The van der Waals surface area contributed by atoms with Crippen molar-refractivity contribution in [1.29, 1.82) is 0 Å². The molecule has 1 aliphatic heterocycles. The van der Waals surface area contributed by atoms with Crippen molar-refractivity contribution in [1.82, 2.24) is 10.3 Å². The highest BCUT2D eigenvalue weighted by molar-refractivity contribution is 6.36. The van der Waals surface area contributed by atoms with Crippen LogP contribution in [0.4, 0.5) is 11.5 Å². The van der Waals surface area contributed by atoms with E-state index in [4.69, 9.17) is 16.3 Å². The van der Waals surface area contributed by atoms with Crippen LogP contribution in [-0.4, -0.2) is 48.2 Å². The summed E-state index contributed by atoms with van der Waals surface area (Å²) in [5.74, 6) is -0.509. The van der Waals surface area contributed by atoms with Gasteiger partial charge in [0.1, 0.15) is 10.6 Å². The molecule has 8 nitrogen and oxygen atoms in total. The van der Waals surface area contributed by atoms with Gasteiger partial charge in [-0.15, -0.1) is 0 Å². The smallest absolute Gasteiger partial charge is 0.341 e. The van der Waals surface area contributed by atoms with Crippen LogP contribution in [0.15, 0.2) is 0 Å². The molecule has 2 rings (SSSR count). The average molecular weight is 343 g/mol. The summed E-state index contributed by atoms with van der Waals surface area (Å²) in [5, 5.41) is 14.5. The number of hydrogen-bond acceptors (Lipinski definition) is 7. The second kappa shape index (κ2) is 7.10. The van der Waals surface area contributed by atoms with Crippen molar-refractivity contribution in [2.45, 2.75) is 26.8 Å². The van der Waals surface area contributed by atoms with Crippen LogP contribution in [0.3, 0.4) is 0 Å². The molecule has 2 heterocycles. The molecule has 1 saturated heterocycles. The minimum absolute atomic E-state index is 0.0267. The highest BCUT2D eigenvalue weighted by Crippen LogP contribution is 2.38. The zero-order chi connectivity index (χ0) is 17.1. The lowest BCUT2D eigenvalue weighted by Gasteiger charge is -2.34. The fourth-order valence-corrected chi connectivity index (χ4v) is 2.97. The number of carbonyl (C=O) groups excluding carboxylic acids is 1. The molecular formula is C14H19ClN4O4. The number of piperazine rings is 1. The fourth-order valence-electron chi connectivity index (χ4n) is 2.60. The van der Waals surface area contributed by atoms with E-state index >= 15 is 0 Å². The predicted molar refractivity (Wildman–Crippen MR) is 86.3 cm³/mol. The summed E-state index contributed by atoms with van der Waals surface area (Å²) in [6.07, 6.45) is 0. The molecular weight excluding hydrogens is 324 g/mol. The molecule has 1 aromatic heterocycles. The first-order valence-electron chi connectivity index (χ1n) is 7.37. The second-order valence-electron chi connectivity index (χ2n) is 5.28. The third-order valence-corrected chi connectivity index (χ3v) is 4.08. The molecule has 1 fully saturated rings. The quantitative estimate of drug-likeness (QED) is 0.507. The number of aromatic nitrogens is 1. The van der Waals surface area contributed by atoms with E-state index in [1.165, 1.54) is 0 Å². The molecule has 1 aliphatic rings. The first-order valence-corrected chi connectivity index (χ1v) is 7.75. The van der Waals surface area contributed by atoms with E-state index in [0.29, 0.717) is 25.3 Å². The molecule has 0 spiro atoms. The molecule has 0 amide bonds. The largest absolute Gasteiger partial charge is 0.462 e. The minimum Gasteiger partial charge on any atom is -0.462 e. The van der Waals surface area contributed by atoms with Gasteiger partial charge in [0.05, 0.1) is 17.2 Å². The molecule has 1 aromatic rings. The van der Waals surface area contributed by atoms with Gasteiger partial charge in [-0.2, -0.15) is 0 Å². The van der Waals surface area contributed by atoms with Crippen molar-refractivity contribution < 1.29 is 14.5 Å². The van der Waals surface area contributed by atoms with E-state index in [2.05, 4.69) is 10.3 Å². The average Bonchev–Trinajstić information content (AvgIpc) is 2.46. The number of ether oxygens (including phenoxy) is 1. The highest BCUT2D eigenvalue weighted by atomic mass is 35.5. The summed E-state index contributed by atoms with van der Waals surface area (Å²) in [6, 6.07) is 0.0267. The van der Waals surface area contributed by atoms with Crippen LogP contribution in [0.1, 0.15) is 29.9 Å². The van der Waals surface area contributed by atoms with Gasteiger partial charge in [0.25, 0.3) is 0 Å². The summed E-state index contributed by atoms with van der Waals surface area (Å²) >= 11 is 6.19. The first-order chi connectivity index (χ1) is 10.9. The number of halogens is 1. The lowest BCUT2D eigenvalue weighted by molar-refractivity contribution is -0.384. The summed E-state index contributed by atoms with van der Waals surface area (Å²) in [5.41, 5.74) is -0.0828. The number of nitrogens with one attached hydrogen (secondary N) is 1. The maximum atomic E-state index is 12.0. The van der Waals surface area contributed by atoms with Gasteiger partial charge in [-0.3, -0.25) is 10.1 Å². The molecule has 0 aromatic carbocycles. The zero-order valence-electron chi connectivity index (χ0n) is 13.3. The normalized spacial score (nSPS) is 17.9. The van der Waals surface area contributed by atoms with Gasteiger partial charge in [-0.1, -0.05) is 11.6 Å². The van der Waals surface area contributed by atoms with Crippen LogP contribution in [0, 0.1) is 17.0 Å². The van der Waals surface area contributed by atoms with Crippen LogP contribution < -0.4 is 10.2 Å². The van der Waals surface area contributed by atoms with Crippen molar-refractivity contribution in [3.05, 3.63) is 26.4 Å². The number of hydrogen-bond donors (Lipinski definition) is 1. The monoisotopic (exact) mass is 342 g/mol. The van der Waals surface area contributed by atoms with Crippen molar-refractivity contribution in [2.24, 2.45) is 0 Å². The van der Waals surface area contributed by atoms with Gasteiger partial charge in [0.15, 0.2) is 0 Å². The molecule has 0 aliphatic carbocycles. The van der Waals surface area contributed by atoms with Crippen molar-refractivity contribution >= 4 is 29.1 Å². The molecule has 0 bridgehead atoms. The fraction of sp³-hybridized carbons (Fsp3) is 0.571. The van der Waals surface area contributed by atoms with Crippen LogP contribution in [0.2, 0.25) is 5.02 Å². The lowest BCUT2D eigenvalue weighted by atomic mass is 10.1. The number of nitrogens with zero attached hydrogens (tertiary/aromatic N) is 3. The Morgan fingerprint density at radius 3 is 2.87 bits per heavy atom. The molecule has 0 saturated carbocycles. The number of rotatable bonds is 4. The first kappa shape index (κ1) is 17.4. The van der Waals surface area contributed by atoms with E-state index in [-0.39, 0.29) is 34.7 Å². The van der Waals surface area contributed by atoms with E-state index < -0.39 is 10.9 Å². The maximum absolute atomic E-state index is 12.0. The van der Waals surface area contributed by atoms with Gasteiger partial charge in [0, 0.05) is 25.7 Å². The van der Waals surface area contributed by atoms with Crippen LogP contribution >= 0.6 is 11.6 Å². The Hall–Kier alpha value is -1.93. The van der Waals surface area contributed by atoms with Crippen molar-refractivity contribution in [2.75, 3.05) is 31.1 Å². The van der Waals surface area contributed by atoms with Gasteiger partial charge in [-0.25, -0.2) is 9.78 Å². The third-order valence-electron chi connectivity index (χ3n) is 3.71. The van der Waals surface area contributed by atoms with E-state index in [1.54, 1.807) is 13.8 Å². The third kappa shape index (κ3) is 3.37. The van der Waals surface area contributed by atoms with E-state index in [0.717, 1.165) is 0 Å². The number of aryl methyl sites for hydroxylation is 1. The molecule has 1 atom stereocenters.